The van der Waals surface area contributed by atoms with E-state index >= 15 is 0 Å². The molecule has 7 heteroatoms. The molecule has 2 aromatic rings. The van der Waals surface area contributed by atoms with Gasteiger partial charge in [0.25, 0.3) is 0 Å². The van der Waals surface area contributed by atoms with E-state index in [2.05, 4.69) is 15.7 Å². The number of nitrogens with two attached hydrogens (primary N) is 2. The van der Waals surface area contributed by atoms with Gasteiger partial charge in [0.05, 0.1) is 5.70 Å². The second-order valence-electron chi connectivity index (χ2n) is 4.29. The average Bonchev–Trinajstić information content (AvgIpc) is 2.47. The molecule has 21 heavy (non-hydrogen) atoms. The van der Waals surface area contributed by atoms with Crippen LogP contribution in [0.1, 0.15) is 11.1 Å². The molecule has 0 spiro atoms. The van der Waals surface area contributed by atoms with E-state index in [1.165, 1.54) is 18.3 Å². The lowest BCUT2D eigenvalue weighted by Gasteiger charge is -2.12. The molecule has 2 rings (SSSR count). The first-order valence-corrected chi connectivity index (χ1v) is 6.20. The van der Waals surface area contributed by atoms with Crippen LogP contribution < -0.4 is 22.3 Å². The smallest absolute Gasteiger partial charge is 0.135 e. The highest BCUT2D eigenvalue weighted by molar-refractivity contribution is 5.71. The molecule has 0 aliphatic carbocycles. The number of phenols is 1. The van der Waals surface area contributed by atoms with E-state index in [9.17, 15) is 9.50 Å². The Morgan fingerprint density at radius 2 is 2.19 bits per heavy atom. The van der Waals surface area contributed by atoms with E-state index in [0.29, 0.717) is 22.6 Å². The molecule has 0 amide bonds. The number of phenolic OH excluding ortho intramolecular Hbond substituents is 1. The molecule has 0 aliphatic heterocycles. The Labute approximate surface area is 121 Å². The highest BCUT2D eigenvalue weighted by Crippen LogP contribution is 2.22. The summed E-state index contributed by atoms with van der Waals surface area (Å²) in [5, 5.41) is 12.7. The number of nitrogens with one attached hydrogen (secondary N) is 2. The van der Waals surface area contributed by atoms with Crippen molar-refractivity contribution in [1.82, 2.24) is 10.4 Å². The van der Waals surface area contributed by atoms with Crippen molar-refractivity contribution in [2.75, 3.05) is 5.32 Å². The number of benzene rings is 1. The largest absolute Gasteiger partial charge is 0.507 e. The quantitative estimate of drug-likeness (QED) is 0.419. The summed E-state index contributed by atoms with van der Waals surface area (Å²) in [6.45, 7) is 0.277. The molecule has 0 radical (unpaired) electrons. The number of aromatic hydroxyl groups is 1. The summed E-state index contributed by atoms with van der Waals surface area (Å²) in [5.74, 6) is 5.12. The van der Waals surface area contributed by atoms with Gasteiger partial charge in [0.1, 0.15) is 17.4 Å². The van der Waals surface area contributed by atoms with Gasteiger partial charge in [-0.25, -0.2) is 9.37 Å². The second kappa shape index (κ2) is 6.58. The van der Waals surface area contributed by atoms with Crippen molar-refractivity contribution >= 4 is 11.5 Å². The van der Waals surface area contributed by atoms with Crippen molar-refractivity contribution in [2.24, 2.45) is 11.6 Å². The van der Waals surface area contributed by atoms with Gasteiger partial charge in [0.2, 0.25) is 0 Å². The van der Waals surface area contributed by atoms with Crippen molar-refractivity contribution in [3.8, 4) is 5.75 Å². The van der Waals surface area contributed by atoms with Gasteiger partial charge in [-0.1, -0.05) is 6.07 Å². The monoisotopic (exact) mass is 289 g/mol. The van der Waals surface area contributed by atoms with Crippen LogP contribution in [0.15, 0.2) is 42.7 Å². The van der Waals surface area contributed by atoms with Crippen molar-refractivity contribution < 1.29 is 9.50 Å². The SMILES string of the molecule is NN/C=C(\N)c1cccnc1NCc1ccc(F)cc1O. The molecule has 6 nitrogen and oxygen atoms in total. The maximum Gasteiger partial charge on any atom is 0.135 e. The van der Waals surface area contributed by atoms with Crippen LogP contribution in [0.5, 0.6) is 5.75 Å². The normalized spacial score (nSPS) is 11.2. The third-order valence-electron chi connectivity index (χ3n) is 2.85. The fourth-order valence-electron chi connectivity index (χ4n) is 1.81. The first-order valence-electron chi connectivity index (χ1n) is 6.20. The van der Waals surface area contributed by atoms with Crippen molar-refractivity contribution in [2.45, 2.75) is 6.54 Å². The standard InChI is InChI=1S/C14H16FN5O/c15-10-4-3-9(13(21)6-10)7-19-14-11(2-1-5-18-14)12(16)8-20-17/h1-6,8,20-21H,7,16-17H2,(H,18,19)/b12-8-. The Morgan fingerprint density at radius 1 is 1.38 bits per heavy atom. The molecular weight excluding hydrogens is 273 g/mol. The lowest BCUT2D eigenvalue weighted by atomic mass is 10.1. The summed E-state index contributed by atoms with van der Waals surface area (Å²) in [5.41, 5.74) is 9.85. The third kappa shape index (κ3) is 3.61. The lowest BCUT2D eigenvalue weighted by Crippen LogP contribution is -2.17. The molecule has 1 aromatic heterocycles. The summed E-state index contributed by atoms with van der Waals surface area (Å²) in [7, 11) is 0. The first-order chi connectivity index (χ1) is 10.1. The van der Waals surface area contributed by atoms with Crippen molar-refractivity contribution in [3.63, 3.8) is 0 Å². The third-order valence-corrected chi connectivity index (χ3v) is 2.85. The number of nitrogens with zero attached hydrogens (tertiary/aromatic N) is 1. The highest BCUT2D eigenvalue weighted by atomic mass is 19.1. The number of pyridine rings is 1. The predicted molar refractivity (Wildman–Crippen MR) is 79.1 cm³/mol. The molecule has 110 valence electrons. The molecule has 7 N–H and O–H groups in total. The lowest BCUT2D eigenvalue weighted by molar-refractivity contribution is 0.463. The topological polar surface area (TPSA) is 109 Å². The van der Waals surface area contributed by atoms with Crippen LogP contribution in [0.2, 0.25) is 0 Å². The van der Waals surface area contributed by atoms with Gasteiger partial charge >= 0.3 is 0 Å². The number of anilines is 1. The Balaban J connectivity index is 2.18. The van der Waals surface area contributed by atoms with Gasteiger partial charge in [-0.05, 0) is 18.2 Å². The van der Waals surface area contributed by atoms with Gasteiger partial charge in [-0.15, -0.1) is 0 Å². The summed E-state index contributed by atoms with van der Waals surface area (Å²) < 4.78 is 12.9. The minimum Gasteiger partial charge on any atom is -0.507 e. The molecule has 1 heterocycles. The maximum absolute atomic E-state index is 12.9. The molecule has 0 saturated heterocycles. The van der Waals surface area contributed by atoms with Gasteiger partial charge < -0.3 is 21.6 Å². The molecular formula is C14H16FN5O. The van der Waals surface area contributed by atoms with Crippen LogP contribution in [-0.4, -0.2) is 10.1 Å². The van der Waals surface area contributed by atoms with Gasteiger partial charge in [-0.2, -0.15) is 0 Å². The second-order valence-corrected chi connectivity index (χ2v) is 4.29. The van der Waals surface area contributed by atoms with Gasteiger partial charge in [0.15, 0.2) is 0 Å². The number of hydrogen-bond acceptors (Lipinski definition) is 6. The van der Waals surface area contributed by atoms with Crippen LogP contribution >= 0.6 is 0 Å². The number of hydrogen-bond donors (Lipinski definition) is 5. The van der Waals surface area contributed by atoms with Crippen LogP contribution in [0.3, 0.4) is 0 Å². The first kappa shape index (κ1) is 14.6. The van der Waals surface area contributed by atoms with E-state index < -0.39 is 5.82 Å². The number of rotatable bonds is 5. The Hall–Kier alpha value is -2.80. The molecule has 0 saturated carbocycles. The maximum atomic E-state index is 12.9. The number of hydrazine groups is 1. The van der Waals surface area contributed by atoms with E-state index in [4.69, 9.17) is 11.6 Å². The van der Waals surface area contributed by atoms with E-state index in [-0.39, 0.29) is 12.3 Å². The average molecular weight is 289 g/mol. The van der Waals surface area contributed by atoms with Crippen LogP contribution in [0.25, 0.3) is 5.70 Å². The highest BCUT2D eigenvalue weighted by Gasteiger charge is 2.07. The Bertz CT molecular complexity index is 660. The van der Waals surface area contributed by atoms with Crippen LogP contribution in [-0.2, 0) is 6.54 Å². The molecule has 0 aliphatic rings. The minimum absolute atomic E-state index is 0.118. The van der Waals surface area contributed by atoms with E-state index in [1.807, 2.05) is 0 Å². The summed E-state index contributed by atoms with van der Waals surface area (Å²) in [4.78, 5) is 4.19. The van der Waals surface area contributed by atoms with Gasteiger partial charge in [0, 0.05) is 36.1 Å². The number of aromatic nitrogens is 1. The zero-order chi connectivity index (χ0) is 15.2. The van der Waals surface area contributed by atoms with Crippen molar-refractivity contribution in [1.29, 1.82) is 0 Å². The molecule has 0 fully saturated rings. The molecule has 0 atom stereocenters. The van der Waals surface area contributed by atoms with Crippen molar-refractivity contribution in [3.05, 3.63) is 59.7 Å². The summed E-state index contributed by atoms with van der Waals surface area (Å²) in [6.07, 6.45) is 3.05. The molecule has 0 bridgehead atoms. The number of halogens is 1. The van der Waals surface area contributed by atoms with Crippen LogP contribution in [0.4, 0.5) is 10.2 Å². The summed E-state index contributed by atoms with van der Waals surface area (Å²) in [6, 6.07) is 7.36. The predicted octanol–water partition coefficient (Wildman–Crippen LogP) is 1.26. The Morgan fingerprint density at radius 3 is 2.90 bits per heavy atom. The van der Waals surface area contributed by atoms with Crippen LogP contribution in [0, 0.1) is 5.82 Å². The fraction of sp³-hybridized carbons (Fsp3) is 0.0714. The van der Waals surface area contributed by atoms with E-state index in [0.717, 1.165) is 6.07 Å². The molecule has 0 unspecified atom stereocenters. The Kier molecular flexibility index (Phi) is 4.57. The minimum atomic E-state index is -0.490. The zero-order valence-electron chi connectivity index (χ0n) is 11.2. The summed E-state index contributed by atoms with van der Waals surface area (Å²) >= 11 is 0. The zero-order valence-corrected chi connectivity index (χ0v) is 11.2. The molecule has 1 aromatic carbocycles. The fourth-order valence-corrected chi connectivity index (χ4v) is 1.81. The van der Waals surface area contributed by atoms with E-state index in [1.54, 1.807) is 18.3 Å². The van der Waals surface area contributed by atoms with Gasteiger partial charge in [-0.3, -0.25) is 5.84 Å².